The Morgan fingerprint density at radius 1 is 1.50 bits per heavy atom. The van der Waals surface area contributed by atoms with Gasteiger partial charge in [0.15, 0.2) is 13.1 Å². The van der Waals surface area contributed by atoms with Crippen LogP contribution < -0.4 is 15.5 Å². The predicted molar refractivity (Wildman–Crippen MR) is 70.3 cm³/mol. The lowest BCUT2D eigenvalue weighted by molar-refractivity contribution is -0.885. The second-order valence-corrected chi connectivity index (χ2v) is 4.56. The van der Waals surface area contributed by atoms with Crippen LogP contribution in [0, 0.1) is 10.1 Å². The second kappa shape index (κ2) is 6.11. The molecule has 20 heavy (non-hydrogen) atoms. The third-order valence-corrected chi connectivity index (χ3v) is 2.96. The van der Waals surface area contributed by atoms with Gasteiger partial charge >= 0.3 is 0 Å². The lowest BCUT2D eigenvalue weighted by atomic mass is 10.2. The third-order valence-electron chi connectivity index (χ3n) is 2.96. The fourth-order valence-electron chi connectivity index (χ4n) is 2.04. The molecule has 1 saturated heterocycles. The van der Waals surface area contributed by atoms with E-state index in [4.69, 9.17) is 0 Å². The first-order chi connectivity index (χ1) is 9.54. The van der Waals surface area contributed by atoms with E-state index < -0.39 is 4.92 Å². The van der Waals surface area contributed by atoms with E-state index in [-0.39, 0.29) is 30.6 Å². The van der Waals surface area contributed by atoms with Gasteiger partial charge in [-0.05, 0) is 6.07 Å². The molecule has 1 aromatic carbocycles. The van der Waals surface area contributed by atoms with E-state index in [0.717, 1.165) is 4.90 Å². The molecule has 1 aromatic rings. The van der Waals surface area contributed by atoms with E-state index in [0.29, 0.717) is 18.8 Å². The number of nitro benzene ring substituents is 1. The monoisotopic (exact) mass is 279 g/mol. The number of piperazine rings is 1. The van der Waals surface area contributed by atoms with Gasteiger partial charge in [0.1, 0.15) is 0 Å². The number of rotatable bonds is 4. The van der Waals surface area contributed by atoms with Crippen molar-refractivity contribution in [3.63, 3.8) is 0 Å². The normalized spacial score (nSPS) is 18.2. The quantitative estimate of drug-likeness (QED) is 0.463. The summed E-state index contributed by atoms with van der Waals surface area (Å²) in [6.07, 6.45) is 0. The summed E-state index contributed by atoms with van der Waals surface area (Å²) in [5.74, 6) is -0.343. The molecule has 1 aliphatic heterocycles. The number of nitrogens with zero attached hydrogens (tertiary/aromatic N) is 1. The third kappa shape index (κ3) is 3.75. The average Bonchev–Trinajstić information content (AvgIpc) is 2.38. The summed E-state index contributed by atoms with van der Waals surface area (Å²) < 4.78 is 0. The van der Waals surface area contributed by atoms with E-state index in [2.05, 4.69) is 10.6 Å². The average molecular weight is 279 g/mol. The molecule has 1 atom stereocenters. The van der Waals surface area contributed by atoms with Gasteiger partial charge in [0.05, 0.1) is 18.0 Å². The minimum Gasteiger partial charge on any atom is -0.346 e. The zero-order valence-corrected chi connectivity index (χ0v) is 10.7. The lowest BCUT2D eigenvalue weighted by Crippen LogP contribution is -3.16. The van der Waals surface area contributed by atoms with Crippen molar-refractivity contribution < 1.29 is 19.4 Å². The van der Waals surface area contributed by atoms with Crippen LogP contribution in [0.5, 0.6) is 0 Å². The highest BCUT2D eigenvalue weighted by molar-refractivity contribution is 5.92. The first-order valence-electron chi connectivity index (χ1n) is 6.19. The molecule has 1 heterocycles. The smallest absolute Gasteiger partial charge is 0.279 e. The number of anilines is 1. The van der Waals surface area contributed by atoms with Gasteiger partial charge in [-0.25, -0.2) is 0 Å². The fraction of sp³-hybridized carbons (Fsp3) is 0.333. The van der Waals surface area contributed by atoms with Gasteiger partial charge in [-0.1, -0.05) is 6.07 Å². The van der Waals surface area contributed by atoms with Gasteiger partial charge in [-0.2, -0.15) is 0 Å². The van der Waals surface area contributed by atoms with Crippen LogP contribution in [0.1, 0.15) is 0 Å². The molecule has 0 aliphatic carbocycles. The van der Waals surface area contributed by atoms with E-state index >= 15 is 0 Å². The molecule has 0 aromatic heterocycles. The Balaban J connectivity index is 1.92. The topological polar surface area (TPSA) is 106 Å². The number of benzene rings is 1. The molecule has 8 heteroatoms. The molecule has 0 bridgehead atoms. The summed E-state index contributed by atoms with van der Waals surface area (Å²) in [5.41, 5.74) is 0.303. The number of amides is 2. The highest BCUT2D eigenvalue weighted by Gasteiger charge is 2.22. The first kappa shape index (κ1) is 13.9. The number of hydrogen-bond donors (Lipinski definition) is 3. The van der Waals surface area contributed by atoms with Crippen molar-refractivity contribution in [1.82, 2.24) is 5.32 Å². The molecule has 0 radical (unpaired) electrons. The number of hydrogen-bond acceptors (Lipinski definition) is 4. The van der Waals surface area contributed by atoms with E-state index in [1.165, 1.54) is 18.2 Å². The maximum absolute atomic E-state index is 11.8. The van der Waals surface area contributed by atoms with Crippen LogP contribution in [0.15, 0.2) is 24.3 Å². The number of non-ortho nitro benzene ring substituents is 1. The van der Waals surface area contributed by atoms with Crippen LogP contribution in [-0.4, -0.2) is 42.9 Å². The van der Waals surface area contributed by atoms with Crippen LogP contribution in [0.4, 0.5) is 11.4 Å². The van der Waals surface area contributed by atoms with Crippen LogP contribution in [0.25, 0.3) is 0 Å². The second-order valence-electron chi connectivity index (χ2n) is 4.56. The Kier molecular flexibility index (Phi) is 4.26. The Hall–Kier alpha value is -2.48. The zero-order chi connectivity index (χ0) is 14.5. The minimum absolute atomic E-state index is 0.0746. The predicted octanol–water partition coefficient (Wildman–Crippen LogP) is -1.45. The van der Waals surface area contributed by atoms with Crippen molar-refractivity contribution >= 4 is 23.2 Å². The molecule has 3 N–H and O–H groups in total. The summed E-state index contributed by atoms with van der Waals surface area (Å²) >= 11 is 0. The van der Waals surface area contributed by atoms with Gasteiger partial charge in [0.25, 0.3) is 17.5 Å². The molecule has 1 unspecified atom stereocenters. The summed E-state index contributed by atoms with van der Waals surface area (Å²) in [6.45, 7) is 1.67. The van der Waals surface area contributed by atoms with E-state index in [1.807, 2.05) is 0 Å². The van der Waals surface area contributed by atoms with Crippen molar-refractivity contribution in [2.24, 2.45) is 0 Å². The Morgan fingerprint density at radius 2 is 2.30 bits per heavy atom. The summed E-state index contributed by atoms with van der Waals surface area (Å²) in [7, 11) is 0. The zero-order valence-electron chi connectivity index (χ0n) is 10.7. The van der Waals surface area contributed by atoms with Gasteiger partial charge in [-0.15, -0.1) is 0 Å². The highest BCUT2D eigenvalue weighted by Crippen LogP contribution is 2.16. The van der Waals surface area contributed by atoms with Crippen molar-refractivity contribution in [2.75, 3.05) is 31.5 Å². The summed E-state index contributed by atoms with van der Waals surface area (Å²) in [4.78, 5) is 34.0. The first-order valence-corrected chi connectivity index (χ1v) is 6.19. The molecule has 0 spiro atoms. The molecular weight excluding hydrogens is 264 g/mol. The van der Waals surface area contributed by atoms with Crippen LogP contribution in [0.3, 0.4) is 0 Å². The molecule has 1 aliphatic rings. The van der Waals surface area contributed by atoms with Crippen LogP contribution in [-0.2, 0) is 9.59 Å². The van der Waals surface area contributed by atoms with Gasteiger partial charge < -0.3 is 15.5 Å². The van der Waals surface area contributed by atoms with Crippen molar-refractivity contribution in [1.29, 1.82) is 0 Å². The molecule has 0 saturated carbocycles. The maximum Gasteiger partial charge on any atom is 0.279 e. The van der Waals surface area contributed by atoms with Crippen LogP contribution in [0.2, 0.25) is 0 Å². The van der Waals surface area contributed by atoms with E-state index in [9.17, 15) is 19.7 Å². The van der Waals surface area contributed by atoms with Crippen molar-refractivity contribution in [3.8, 4) is 0 Å². The Morgan fingerprint density at radius 3 is 3.00 bits per heavy atom. The minimum atomic E-state index is -0.518. The Labute approximate surface area is 114 Å². The molecule has 1 fully saturated rings. The van der Waals surface area contributed by atoms with Crippen molar-refractivity contribution in [2.45, 2.75) is 0 Å². The number of nitro groups is 1. The summed E-state index contributed by atoms with van der Waals surface area (Å²) in [6, 6.07) is 5.75. The maximum atomic E-state index is 11.8. The van der Waals surface area contributed by atoms with Crippen LogP contribution >= 0.6 is 0 Å². The Bertz CT molecular complexity index is 546. The van der Waals surface area contributed by atoms with Gasteiger partial charge in [-0.3, -0.25) is 19.7 Å². The molecular formula is C12H15N4O4+. The number of quaternary nitrogens is 1. The highest BCUT2D eigenvalue weighted by atomic mass is 16.6. The summed E-state index contributed by atoms with van der Waals surface area (Å²) in [5, 5.41) is 15.9. The largest absolute Gasteiger partial charge is 0.346 e. The van der Waals surface area contributed by atoms with Crippen molar-refractivity contribution in [3.05, 3.63) is 34.4 Å². The molecule has 106 valence electrons. The standard InChI is InChI=1S/C12H14N4O4/c17-11-7-15(5-4-13-11)8-12(18)14-9-2-1-3-10(6-9)16(19)20/h1-3,6H,4-5,7-8H2,(H,13,17)(H,14,18)/p+1. The van der Waals surface area contributed by atoms with Gasteiger partial charge in [0, 0.05) is 17.8 Å². The fourth-order valence-corrected chi connectivity index (χ4v) is 2.04. The van der Waals surface area contributed by atoms with Gasteiger partial charge in [0.2, 0.25) is 0 Å². The molecule has 2 rings (SSSR count). The molecule has 2 amide bonds. The number of nitrogens with one attached hydrogen (secondary N) is 3. The lowest BCUT2D eigenvalue weighted by Gasteiger charge is -2.22. The molecule has 8 nitrogen and oxygen atoms in total. The number of carbonyl (C=O) groups is 2. The SMILES string of the molecule is O=C1C[NH+](CC(=O)Nc2cccc([N+](=O)[O-])c2)CCN1. The van der Waals surface area contributed by atoms with E-state index in [1.54, 1.807) is 6.07 Å². The number of carbonyl (C=O) groups excluding carboxylic acids is 2.